The number of benzene rings is 3. The van der Waals surface area contributed by atoms with Gasteiger partial charge in [-0.05, 0) is 223 Å². The number of carbonyl (C=O) groups is 6. The number of amides is 3. The molecule has 7 saturated carbocycles. The summed E-state index contributed by atoms with van der Waals surface area (Å²) in [6.07, 6.45) is 32.0. The molecule has 141 heavy (non-hydrogen) atoms. The summed E-state index contributed by atoms with van der Waals surface area (Å²) in [4.78, 5) is 153. The fourth-order valence-electron chi connectivity index (χ4n) is 25.3. The maximum Gasteiger partial charge on any atom is 0.306 e. The van der Waals surface area contributed by atoms with Crippen LogP contribution >= 0.6 is 0 Å². The van der Waals surface area contributed by atoms with Crippen molar-refractivity contribution in [3.05, 3.63) is 71.7 Å². The van der Waals surface area contributed by atoms with E-state index in [1.807, 2.05) is 45.3 Å². The molecule has 3 aromatic carbocycles. The van der Waals surface area contributed by atoms with Gasteiger partial charge in [0.15, 0.2) is 11.4 Å². The molecule has 6 aromatic rings. The van der Waals surface area contributed by atoms with Gasteiger partial charge in [-0.15, -0.1) is 0 Å². The molecule has 0 spiro atoms. The Hall–Kier alpha value is -8.22. The number of hydrogen-bond acceptors (Lipinski definition) is 24. The maximum atomic E-state index is 16.1. The van der Waals surface area contributed by atoms with Crippen molar-refractivity contribution in [1.29, 1.82) is 0 Å². The summed E-state index contributed by atoms with van der Waals surface area (Å²) in [7, 11) is 4.64. The molecule has 19 rings (SSSR count). The Morgan fingerprint density at radius 3 is 1.11 bits per heavy atom. The molecule has 20 atom stereocenters. The number of esters is 3. The topological polar surface area (TPSA) is 324 Å². The molecule has 6 bridgehead atoms. The third-order valence-electron chi connectivity index (χ3n) is 33.2. The van der Waals surface area contributed by atoms with Gasteiger partial charge in [0.1, 0.15) is 59.6 Å². The molecule has 3 aromatic heterocycles. The van der Waals surface area contributed by atoms with Gasteiger partial charge >= 0.3 is 17.9 Å². The Bertz CT molecular complexity index is 5350. The Morgan fingerprint density at radius 2 is 0.695 bits per heavy atom. The van der Waals surface area contributed by atoms with E-state index in [1.165, 1.54) is 30.4 Å². The molecule has 7 aliphatic carbocycles. The number of methoxy groups -OCH3 is 3. The van der Waals surface area contributed by atoms with Crippen molar-refractivity contribution in [3.63, 3.8) is 0 Å². The molecular formula is C107H136F4N9O18V3-3. The van der Waals surface area contributed by atoms with Gasteiger partial charge in [-0.1, -0.05) is 142 Å². The number of nitrogens with zero attached hydrogens (tertiary/aromatic N) is 9. The molecule has 3 radical (unpaired) electrons. The first kappa shape index (κ1) is 109. The minimum Gasteiger partial charge on any atom is -0.540 e. The second-order valence-corrected chi connectivity index (χ2v) is 41.6. The number of rotatable bonds is 12. The van der Waals surface area contributed by atoms with Crippen molar-refractivity contribution in [1.82, 2.24) is 44.6 Å². The molecule has 9 heterocycles. The Kier molecular flexibility index (Phi) is 37.6. The zero-order valence-corrected chi connectivity index (χ0v) is 86.3. The van der Waals surface area contributed by atoms with Crippen LogP contribution in [0.5, 0.6) is 34.9 Å². The molecule has 6 aliphatic heterocycles. The van der Waals surface area contributed by atoms with E-state index >= 15 is 17.6 Å². The number of halogens is 4. The van der Waals surface area contributed by atoms with Crippen LogP contribution in [-0.2, 0) is 131 Å². The van der Waals surface area contributed by atoms with Crippen LogP contribution in [0.15, 0.2) is 54.6 Å². The van der Waals surface area contributed by atoms with Gasteiger partial charge in [-0.3, -0.25) is 28.8 Å². The van der Waals surface area contributed by atoms with Crippen molar-refractivity contribution < 1.29 is 159 Å². The quantitative estimate of drug-likeness (QED) is 0.0475. The average molecular weight is 2070 g/mol. The number of hydrogen-bond donors (Lipinski definition) is 0. The van der Waals surface area contributed by atoms with Crippen LogP contribution in [0.4, 0.5) is 17.6 Å². The molecule has 763 valence electrons. The SMILES string of the molecule is CC[C@@H]1[C@@H]2CN(C(=O)[C@H](C3CCCCC3)CC(=O)O[C@@H]3CC4CC4[C@H]3CCCCCc3nc4ccc(OC)cc4nc3O2)[C@@H]1[C-]=O.CC[C@@H]1[C@@H]2CN(C(=O)[C@H](C3CCCCC3)CC(=O)O[C@@H]3CCC[C@H]3CCCCC(F)(F)c3nc4ccc(OC)cc4nc3O2)[C@@H]1[C-]=O.CC[C@@H]1[C@@H]2CN(C(=O)[C@H](C3CCCCC3)CC(=O)O[C@@H]3C[C@H]3CCCCC(F)(F)c3nc4ccc(OC)cc4nc3O2)[C@@H]1[C-]=O.[V].[V].[V]. The molecule has 2 unspecified atom stereocenters. The van der Waals surface area contributed by atoms with Crippen molar-refractivity contribution in [2.24, 2.45) is 82.9 Å². The van der Waals surface area contributed by atoms with Crippen LogP contribution in [0.3, 0.4) is 0 Å². The van der Waals surface area contributed by atoms with Crippen LogP contribution in [-0.4, -0.2) is 195 Å². The minimum atomic E-state index is -3.35. The van der Waals surface area contributed by atoms with Gasteiger partial charge in [0.25, 0.3) is 11.8 Å². The average Bonchev–Trinajstić information content (AvgIpc) is 1.58. The number of carbonyl (C=O) groups excluding carboxylic acids is 9. The van der Waals surface area contributed by atoms with Gasteiger partial charge in [0.05, 0.1) is 111 Å². The third-order valence-corrected chi connectivity index (χ3v) is 33.2. The molecule has 3 saturated heterocycles. The van der Waals surface area contributed by atoms with Gasteiger partial charge in [-0.25, -0.2) is 48.8 Å². The van der Waals surface area contributed by atoms with Gasteiger partial charge in [0, 0.05) is 86.7 Å². The first-order valence-corrected chi connectivity index (χ1v) is 51.9. The van der Waals surface area contributed by atoms with Crippen LogP contribution < -0.4 is 28.4 Å². The van der Waals surface area contributed by atoms with E-state index in [0.29, 0.717) is 109 Å². The predicted molar refractivity (Wildman–Crippen MR) is 502 cm³/mol. The van der Waals surface area contributed by atoms with Crippen molar-refractivity contribution in [3.8, 4) is 34.9 Å². The predicted octanol–water partition coefficient (Wildman–Crippen LogP) is 18.6. The molecule has 34 heteroatoms. The summed E-state index contributed by atoms with van der Waals surface area (Å²) >= 11 is 0. The largest absolute Gasteiger partial charge is 0.540 e. The third kappa shape index (κ3) is 24.9. The van der Waals surface area contributed by atoms with Gasteiger partial charge < -0.3 is 71.7 Å². The molecule has 0 N–H and O–H groups in total. The number of fused-ring (bicyclic) bond motifs is 17. The summed E-state index contributed by atoms with van der Waals surface area (Å²) < 4.78 is 118. The van der Waals surface area contributed by atoms with Crippen molar-refractivity contribution in [2.75, 3.05) is 41.0 Å². The van der Waals surface area contributed by atoms with E-state index < -0.39 is 114 Å². The van der Waals surface area contributed by atoms with Crippen LogP contribution in [0.2, 0.25) is 0 Å². The van der Waals surface area contributed by atoms with E-state index in [9.17, 15) is 43.2 Å². The maximum absolute atomic E-state index is 16.1. The first-order chi connectivity index (χ1) is 66.9. The smallest absolute Gasteiger partial charge is 0.306 e. The zero-order chi connectivity index (χ0) is 96.6. The van der Waals surface area contributed by atoms with Crippen LogP contribution in [0.25, 0.3) is 33.1 Å². The van der Waals surface area contributed by atoms with E-state index in [0.717, 1.165) is 165 Å². The van der Waals surface area contributed by atoms with Crippen molar-refractivity contribution in [2.45, 2.75) is 344 Å². The standard InChI is InChI=1S/C37H48N3O6.C36H46F2N3O6.C34H42F2N3O6.3V/c1-3-25-32(21-41)40-20-34(25)46-36-30(38-29-15-14-24(44-2)18-31(29)39-36)13-9-5-8-12-26-27-16-23(27)17-33(26)45-35(42)19-28(37(40)43)22-10-6-4-7-11-22;1-3-25-29(21-42)41-20-31(25)47-34-33(39-27-16-15-24(45-2)18-28(27)40-34)36(37,38)17-8-7-12-23-13-9-14-30(23)46-32(43)19-26(35(41)44)22-10-5-4-6-11-22;1-3-23-27(19-40)39-18-29(23)45-32-31(37-25-13-12-22(43-2)16-26(25)38-32)34(35,36)14-8-7-11-21-15-28(21)44-30(41)17-24(33(39)42)20-9-5-4-6-10-20;;;/h14-15,18,22-23,25-28,32-34H,3-13,16-17,19-20H2,1-2H3;15-16,18,22-23,25-26,29-31H,3-14,17,19-20H2,1-2H3;12-13,16,20-21,23-24,27-29H,3-11,14-15,17-18H2,1-2H3;;;/q3*-1;;;/t23?,25-,26+,27?,28-,32+,33+,34-;23-,25+,26+,29-,30-,31+;21-,23+,24+,27-,28-,29+;;;/m011.../s1. The first-order valence-electron chi connectivity index (χ1n) is 51.9. The van der Waals surface area contributed by atoms with Crippen molar-refractivity contribution >= 4 is 87.6 Å². The van der Waals surface area contributed by atoms with E-state index in [4.69, 9.17) is 52.6 Å². The molecular weight excluding hydrogens is 1930 g/mol. The number of aryl methyl sites for hydroxylation is 1. The summed E-state index contributed by atoms with van der Waals surface area (Å²) in [6.45, 7) is 5.98. The monoisotopic (exact) mass is 2060 g/mol. The van der Waals surface area contributed by atoms with Crippen LogP contribution in [0, 0.1) is 82.9 Å². The fraction of sp³-hybridized carbons (Fsp3) is 0.692. The second kappa shape index (κ2) is 48.9. The summed E-state index contributed by atoms with van der Waals surface area (Å²) in [6, 6.07) is 12.7. The van der Waals surface area contributed by atoms with E-state index in [-0.39, 0.29) is 208 Å². The summed E-state index contributed by atoms with van der Waals surface area (Å²) in [5.74, 6) is -7.89. The fourth-order valence-corrected chi connectivity index (χ4v) is 25.3. The molecule has 27 nitrogen and oxygen atoms in total. The molecule has 10 fully saturated rings. The Balaban J connectivity index is 0.000000166. The number of alkyl halides is 4. The Labute approximate surface area is 860 Å². The molecule has 3 amide bonds. The molecule has 13 aliphatic rings. The number of ether oxygens (including phenoxy) is 9. The van der Waals surface area contributed by atoms with E-state index in [2.05, 4.69) is 32.5 Å². The zero-order valence-electron chi connectivity index (χ0n) is 82.1. The minimum absolute atomic E-state index is 0. The summed E-state index contributed by atoms with van der Waals surface area (Å²) in [5.41, 5.74) is 2.41. The normalized spacial score (nSPS) is 31.3. The number of aromatic nitrogens is 6. The van der Waals surface area contributed by atoms with Crippen LogP contribution in [0.1, 0.15) is 288 Å². The van der Waals surface area contributed by atoms with E-state index in [1.54, 1.807) is 48.4 Å². The second-order valence-electron chi connectivity index (χ2n) is 41.6. The van der Waals surface area contributed by atoms with Gasteiger partial charge in [-0.2, -0.15) is 17.6 Å². The summed E-state index contributed by atoms with van der Waals surface area (Å²) in [5, 5.41) is 0. The Morgan fingerprint density at radius 1 is 0.348 bits per heavy atom. The van der Waals surface area contributed by atoms with Gasteiger partial charge in [0.2, 0.25) is 35.4 Å².